The van der Waals surface area contributed by atoms with Gasteiger partial charge in [-0.2, -0.15) is 0 Å². The van der Waals surface area contributed by atoms with Gasteiger partial charge in [-0.15, -0.1) is 0 Å². The average molecular weight is 432 g/mol. The van der Waals surface area contributed by atoms with Gasteiger partial charge in [0.15, 0.2) is 17.8 Å². The van der Waals surface area contributed by atoms with Gasteiger partial charge in [0, 0.05) is 17.8 Å². The van der Waals surface area contributed by atoms with Crippen LogP contribution in [0.5, 0.6) is 5.75 Å². The summed E-state index contributed by atoms with van der Waals surface area (Å²) in [5.41, 5.74) is -0.986. The molecule has 0 aliphatic carbocycles. The monoisotopic (exact) mass is 432 g/mol. The molecule has 1 N–H and O–H groups in total. The molecule has 2 aliphatic heterocycles. The number of carbonyl (C=O) groups is 1. The molecule has 2 saturated heterocycles. The number of carbonyl (C=O) groups excluding carboxylic acids is 1. The number of aliphatic hydroxyl groups is 1. The molecule has 31 heavy (non-hydrogen) atoms. The largest absolute Gasteiger partial charge is 0.497 e. The molecule has 3 heterocycles. The van der Waals surface area contributed by atoms with Gasteiger partial charge in [-0.1, -0.05) is 0 Å². The second-order valence-electron chi connectivity index (χ2n) is 7.89. The summed E-state index contributed by atoms with van der Waals surface area (Å²) >= 11 is 0. The lowest BCUT2D eigenvalue weighted by atomic mass is 10.1. The minimum absolute atomic E-state index is 0.318. The van der Waals surface area contributed by atoms with Crippen LogP contribution < -0.4 is 16.0 Å². The first-order valence-corrected chi connectivity index (χ1v) is 9.85. The van der Waals surface area contributed by atoms with E-state index < -0.39 is 53.9 Å². The topological polar surface area (TPSA) is 118 Å². The zero-order chi connectivity index (χ0) is 22.3. The number of hydrogen-bond acceptors (Lipinski definition) is 8. The Labute approximate surface area is 177 Å². The Bertz CT molecular complexity index is 1090. The van der Waals surface area contributed by atoms with E-state index in [1.165, 1.54) is 23.9 Å². The fourth-order valence-electron chi connectivity index (χ4n) is 3.91. The Morgan fingerprint density at radius 2 is 1.81 bits per heavy atom. The molecule has 10 heteroatoms. The summed E-state index contributed by atoms with van der Waals surface area (Å²) in [5, 5.41) is 9.64. The highest BCUT2D eigenvalue weighted by Gasteiger charge is 2.55. The first kappa shape index (κ1) is 21.4. The maximum atomic E-state index is 13.1. The predicted molar refractivity (Wildman–Crippen MR) is 107 cm³/mol. The highest BCUT2D eigenvalue weighted by atomic mass is 16.8. The highest BCUT2D eigenvalue weighted by molar-refractivity contribution is 5.95. The van der Waals surface area contributed by atoms with Crippen molar-refractivity contribution in [1.82, 2.24) is 9.13 Å². The number of aliphatic hydroxyl groups excluding tert-OH is 1. The highest BCUT2D eigenvalue weighted by Crippen LogP contribution is 2.42. The number of ketones is 1. The molecular formula is C21H24N2O8. The number of hydrogen-bond donors (Lipinski definition) is 1. The normalized spacial score (nSPS) is 26.6. The molecule has 2 aliphatic rings. The molecule has 0 amide bonds. The van der Waals surface area contributed by atoms with Crippen LogP contribution in [0, 0.1) is 0 Å². The SMILES string of the molecule is COc1ccc(C(=O)Cn2c(=O)ccn([C@@H]3O[C@H](CO)[C@H]4OC(C)(C)O[C@H]43)c2=O)cc1. The molecular weight excluding hydrogens is 408 g/mol. The van der Waals surface area contributed by atoms with Gasteiger partial charge in [-0.25, -0.2) is 4.79 Å². The van der Waals surface area contributed by atoms with Crippen LogP contribution in [0.2, 0.25) is 0 Å². The molecule has 2 fully saturated rings. The van der Waals surface area contributed by atoms with Crippen LogP contribution in [0.3, 0.4) is 0 Å². The average Bonchev–Trinajstić information content (AvgIpc) is 3.24. The Morgan fingerprint density at radius 1 is 1.13 bits per heavy atom. The minimum Gasteiger partial charge on any atom is -0.497 e. The Kier molecular flexibility index (Phi) is 5.56. The maximum Gasteiger partial charge on any atom is 0.333 e. The van der Waals surface area contributed by atoms with E-state index in [0.29, 0.717) is 11.3 Å². The molecule has 2 aromatic rings. The molecule has 0 unspecified atom stereocenters. The van der Waals surface area contributed by atoms with Crippen molar-refractivity contribution in [3.8, 4) is 5.75 Å². The minimum atomic E-state index is -0.917. The van der Waals surface area contributed by atoms with Crippen molar-refractivity contribution in [2.45, 2.75) is 50.7 Å². The van der Waals surface area contributed by atoms with Gasteiger partial charge in [0.2, 0.25) is 0 Å². The van der Waals surface area contributed by atoms with Crippen molar-refractivity contribution in [2.24, 2.45) is 0 Å². The summed E-state index contributed by atoms with van der Waals surface area (Å²) in [6.45, 7) is 2.71. The lowest BCUT2D eigenvalue weighted by Crippen LogP contribution is -2.44. The zero-order valence-electron chi connectivity index (χ0n) is 17.4. The number of nitrogens with zero attached hydrogens (tertiary/aromatic N) is 2. The number of fused-ring (bicyclic) bond motifs is 1. The summed E-state index contributed by atoms with van der Waals surface area (Å²) in [7, 11) is 1.51. The van der Waals surface area contributed by atoms with E-state index in [9.17, 15) is 19.5 Å². The van der Waals surface area contributed by atoms with E-state index in [0.717, 1.165) is 4.57 Å². The van der Waals surface area contributed by atoms with E-state index in [4.69, 9.17) is 18.9 Å². The molecule has 1 aromatic carbocycles. The van der Waals surface area contributed by atoms with Crippen LogP contribution >= 0.6 is 0 Å². The molecule has 10 nitrogen and oxygen atoms in total. The van der Waals surface area contributed by atoms with Crippen molar-refractivity contribution < 1.29 is 28.8 Å². The lowest BCUT2D eigenvalue weighted by molar-refractivity contribution is -0.200. The summed E-state index contributed by atoms with van der Waals surface area (Å²) in [5.74, 6) is -0.726. The van der Waals surface area contributed by atoms with Crippen molar-refractivity contribution in [1.29, 1.82) is 0 Å². The molecule has 0 bridgehead atoms. The van der Waals surface area contributed by atoms with Gasteiger partial charge in [0.1, 0.15) is 24.1 Å². The second-order valence-corrected chi connectivity index (χ2v) is 7.89. The number of rotatable bonds is 6. The zero-order valence-corrected chi connectivity index (χ0v) is 17.4. The summed E-state index contributed by atoms with van der Waals surface area (Å²) in [4.78, 5) is 38.1. The Hall–Kier alpha value is -2.79. The van der Waals surface area contributed by atoms with Crippen LogP contribution in [-0.4, -0.2) is 57.8 Å². The van der Waals surface area contributed by atoms with Crippen molar-refractivity contribution in [3.05, 3.63) is 62.9 Å². The Balaban J connectivity index is 1.64. The lowest BCUT2D eigenvalue weighted by Gasteiger charge is -2.24. The van der Waals surface area contributed by atoms with Gasteiger partial charge >= 0.3 is 5.69 Å². The number of methoxy groups -OCH3 is 1. The fourth-order valence-corrected chi connectivity index (χ4v) is 3.91. The quantitative estimate of drug-likeness (QED) is 0.648. The molecule has 0 saturated carbocycles. The van der Waals surface area contributed by atoms with Crippen molar-refractivity contribution >= 4 is 5.78 Å². The molecule has 4 rings (SSSR count). The van der Waals surface area contributed by atoms with Crippen LogP contribution in [0.15, 0.2) is 46.1 Å². The van der Waals surface area contributed by atoms with Crippen LogP contribution in [0.25, 0.3) is 0 Å². The van der Waals surface area contributed by atoms with E-state index in [-0.39, 0.29) is 6.61 Å². The van der Waals surface area contributed by atoms with Gasteiger partial charge in [-0.05, 0) is 38.1 Å². The van der Waals surface area contributed by atoms with Crippen molar-refractivity contribution in [2.75, 3.05) is 13.7 Å². The smallest absolute Gasteiger partial charge is 0.333 e. The number of aromatic nitrogens is 2. The van der Waals surface area contributed by atoms with E-state index >= 15 is 0 Å². The second kappa shape index (κ2) is 8.04. The first-order chi connectivity index (χ1) is 14.7. The number of Topliss-reactive ketones (excluding diaryl/α,β-unsaturated/α-hetero) is 1. The third kappa shape index (κ3) is 3.94. The molecule has 0 radical (unpaired) electrons. The third-order valence-corrected chi connectivity index (χ3v) is 5.39. The van der Waals surface area contributed by atoms with Gasteiger partial charge in [-0.3, -0.25) is 18.7 Å². The summed E-state index contributed by atoms with van der Waals surface area (Å²) in [6, 6.07) is 7.57. The van der Waals surface area contributed by atoms with E-state index in [1.807, 2.05) is 0 Å². The van der Waals surface area contributed by atoms with Crippen LogP contribution in [-0.2, 0) is 20.8 Å². The molecule has 166 valence electrons. The summed E-state index contributed by atoms with van der Waals surface area (Å²) in [6.07, 6.45) is -1.54. The molecule has 4 atom stereocenters. The Morgan fingerprint density at radius 3 is 2.45 bits per heavy atom. The van der Waals surface area contributed by atoms with Crippen molar-refractivity contribution in [3.63, 3.8) is 0 Å². The van der Waals surface area contributed by atoms with E-state index in [2.05, 4.69) is 0 Å². The van der Waals surface area contributed by atoms with E-state index in [1.54, 1.807) is 38.1 Å². The van der Waals surface area contributed by atoms with Gasteiger partial charge < -0.3 is 24.1 Å². The molecule has 1 aromatic heterocycles. The number of benzene rings is 1. The summed E-state index contributed by atoms with van der Waals surface area (Å²) < 4.78 is 24.6. The first-order valence-electron chi connectivity index (χ1n) is 9.85. The van der Waals surface area contributed by atoms with Crippen LogP contribution in [0.4, 0.5) is 0 Å². The fraction of sp³-hybridized carbons (Fsp3) is 0.476. The van der Waals surface area contributed by atoms with Gasteiger partial charge in [0.05, 0.1) is 20.3 Å². The number of ether oxygens (including phenoxy) is 4. The maximum absolute atomic E-state index is 13.1. The molecule has 0 spiro atoms. The predicted octanol–water partition coefficient (Wildman–Crippen LogP) is 0.311. The standard InChI is InChI=1S/C21H24N2O8/c1-21(2)30-17-15(11-24)29-19(18(17)31-21)22-9-8-16(26)23(20(22)27)10-14(25)12-4-6-13(28-3)7-5-12/h4-9,15,17-19,24H,10-11H2,1-3H3/t15-,17-,18-,19-/m1/s1. The third-order valence-electron chi connectivity index (χ3n) is 5.39. The van der Waals surface area contributed by atoms with Gasteiger partial charge in [0.25, 0.3) is 5.56 Å². The van der Waals surface area contributed by atoms with Crippen LogP contribution in [0.1, 0.15) is 30.4 Å².